The Morgan fingerprint density at radius 2 is 2.10 bits per heavy atom. The van der Waals surface area contributed by atoms with E-state index in [9.17, 15) is 9.59 Å². The number of amides is 1. The van der Waals surface area contributed by atoms with Gasteiger partial charge >= 0.3 is 5.97 Å². The molecular formula is C15H19NO4S. The Bertz CT molecular complexity index is 503. The highest BCUT2D eigenvalue weighted by atomic mass is 32.2. The average molecular weight is 309 g/mol. The zero-order valence-corrected chi connectivity index (χ0v) is 12.8. The van der Waals surface area contributed by atoms with E-state index >= 15 is 0 Å². The lowest BCUT2D eigenvalue weighted by atomic mass is 10.2. The van der Waals surface area contributed by atoms with E-state index in [1.165, 1.54) is 4.90 Å². The summed E-state index contributed by atoms with van der Waals surface area (Å²) in [4.78, 5) is 25.7. The zero-order chi connectivity index (χ0) is 15.2. The van der Waals surface area contributed by atoms with Gasteiger partial charge in [0.15, 0.2) is 0 Å². The molecule has 21 heavy (non-hydrogen) atoms. The third kappa shape index (κ3) is 4.14. The molecule has 6 heteroatoms. The van der Waals surface area contributed by atoms with Gasteiger partial charge in [0.1, 0.15) is 11.8 Å². The van der Waals surface area contributed by atoms with Gasteiger partial charge in [0.2, 0.25) is 5.91 Å². The summed E-state index contributed by atoms with van der Waals surface area (Å²) in [6.07, 6.45) is 1.70. The third-order valence-electron chi connectivity index (χ3n) is 3.50. The van der Waals surface area contributed by atoms with Crippen molar-refractivity contribution in [1.29, 1.82) is 0 Å². The second kappa shape index (κ2) is 7.36. The summed E-state index contributed by atoms with van der Waals surface area (Å²) < 4.78 is 5.09. The van der Waals surface area contributed by atoms with E-state index in [4.69, 9.17) is 9.84 Å². The van der Waals surface area contributed by atoms with Crippen LogP contribution >= 0.6 is 11.8 Å². The molecule has 114 valence electrons. The van der Waals surface area contributed by atoms with Crippen molar-refractivity contribution in [1.82, 2.24) is 4.90 Å². The maximum Gasteiger partial charge on any atom is 0.326 e. The first-order chi connectivity index (χ1) is 10.1. The maximum absolute atomic E-state index is 12.1. The predicted molar refractivity (Wildman–Crippen MR) is 80.7 cm³/mol. The van der Waals surface area contributed by atoms with Gasteiger partial charge in [-0.2, -0.15) is 0 Å². The minimum absolute atomic E-state index is 0.0686. The van der Waals surface area contributed by atoms with Crippen LogP contribution in [0.25, 0.3) is 0 Å². The van der Waals surface area contributed by atoms with Gasteiger partial charge in [-0.15, -0.1) is 11.8 Å². The summed E-state index contributed by atoms with van der Waals surface area (Å²) in [5.41, 5.74) is 0. The van der Waals surface area contributed by atoms with Crippen molar-refractivity contribution < 1.29 is 19.4 Å². The van der Waals surface area contributed by atoms with Crippen LogP contribution in [-0.4, -0.2) is 47.3 Å². The number of hydrogen-bond acceptors (Lipinski definition) is 4. The number of ether oxygens (including phenoxy) is 1. The first-order valence-corrected chi connectivity index (χ1v) is 7.89. The van der Waals surface area contributed by atoms with E-state index in [2.05, 4.69) is 0 Å². The molecule has 0 saturated carbocycles. The highest BCUT2D eigenvalue weighted by Crippen LogP contribution is 2.23. The van der Waals surface area contributed by atoms with Crippen LogP contribution in [0.3, 0.4) is 0 Å². The molecule has 1 aromatic carbocycles. The SMILES string of the molecule is COc1ccc(SCCC(=O)N2CCCC2C(=O)O)cc1. The van der Waals surface area contributed by atoms with Crippen molar-refractivity contribution in [3.05, 3.63) is 24.3 Å². The van der Waals surface area contributed by atoms with E-state index in [1.54, 1.807) is 18.9 Å². The third-order valence-corrected chi connectivity index (χ3v) is 4.52. The van der Waals surface area contributed by atoms with Gasteiger partial charge in [-0.3, -0.25) is 4.79 Å². The zero-order valence-electron chi connectivity index (χ0n) is 11.9. The minimum atomic E-state index is -0.899. The van der Waals surface area contributed by atoms with E-state index < -0.39 is 12.0 Å². The number of aliphatic carboxylic acids is 1. The Labute approximate surface area is 128 Å². The molecule has 1 atom stereocenters. The fraction of sp³-hybridized carbons (Fsp3) is 0.467. The predicted octanol–water partition coefficient (Wildman–Crippen LogP) is 2.25. The molecule has 1 N–H and O–H groups in total. The molecule has 1 unspecified atom stereocenters. The van der Waals surface area contributed by atoms with Crippen LogP contribution in [0.1, 0.15) is 19.3 Å². The van der Waals surface area contributed by atoms with Crippen LogP contribution < -0.4 is 4.74 Å². The number of methoxy groups -OCH3 is 1. The molecule has 1 amide bonds. The summed E-state index contributed by atoms with van der Waals surface area (Å²) >= 11 is 1.59. The van der Waals surface area contributed by atoms with Crippen molar-refractivity contribution in [3.63, 3.8) is 0 Å². The Morgan fingerprint density at radius 3 is 2.71 bits per heavy atom. The standard InChI is InChI=1S/C15H19NO4S/c1-20-11-4-6-12(7-5-11)21-10-8-14(17)16-9-2-3-13(16)15(18)19/h4-7,13H,2-3,8-10H2,1H3,(H,18,19). The van der Waals surface area contributed by atoms with Crippen molar-refractivity contribution in [2.24, 2.45) is 0 Å². The number of likely N-dealkylation sites (tertiary alicyclic amines) is 1. The van der Waals surface area contributed by atoms with Crippen molar-refractivity contribution in [2.45, 2.75) is 30.2 Å². The highest BCUT2D eigenvalue weighted by Gasteiger charge is 2.33. The van der Waals surface area contributed by atoms with Crippen molar-refractivity contribution >= 4 is 23.6 Å². The number of nitrogens with zero attached hydrogens (tertiary/aromatic N) is 1. The summed E-state index contributed by atoms with van der Waals surface area (Å²) in [5, 5.41) is 9.07. The van der Waals surface area contributed by atoms with Crippen LogP contribution in [-0.2, 0) is 9.59 Å². The summed E-state index contributed by atoms with van der Waals surface area (Å²) in [6, 6.07) is 7.02. The molecule has 1 heterocycles. The molecule has 0 radical (unpaired) electrons. The van der Waals surface area contributed by atoms with Crippen LogP contribution in [0, 0.1) is 0 Å². The second-order valence-corrected chi connectivity index (χ2v) is 6.03. The second-order valence-electron chi connectivity index (χ2n) is 4.86. The number of thioether (sulfide) groups is 1. The van der Waals surface area contributed by atoms with Crippen LogP contribution in [0.5, 0.6) is 5.75 Å². The van der Waals surface area contributed by atoms with Crippen molar-refractivity contribution in [3.8, 4) is 5.75 Å². The summed E-state index contributed by atoms with van der Waals surface area (Å²) in [6.45, 7) is 0.559. The quantitative estimate of drug-likeness (QED) is 0.816. The van der Waals surface area contributed by atoms with Crippen LogP contribution in [0.4, 0.5) is 0 Å². The number of carbonyl (C=O) groups is 2. The fourth-order valence-electron chi connectivity index (χ4n) is 2.39. The smallest absolute Gasteiger partial charge is 0.326 e. The monoisotopic (exact) mass is 309 g/mol. The fourth-order valence-corrected chi connectivity index (χ4v) is 3.23. The van der Waals surface area contributed by atoms with Gasteiger partial charge in [0.25, 0.3) is 0 Å². The molecule has 1 aromatic rings. The molecule has 1 saturated heterocycles. The topological polar surface area (TPSA) is 66.8 Å². The van der Waals surface area contributed by atoms with E-state index in [1.807, 2.05) is 24.3 Å². The Hall–Kier alpha value is -1.69. The molecular weight excluding hydrogens is 290 g/mol. The number of hydrogen-bond donors (Lipinski definition) is 1. The molecule has 5 nitrogen and oxygen atoms in total. The normalized spacial score (nSPS) is 17.8. The highest BCUT2D eigenvalue weighted by molar-refractivity contribution is 7.99. The molecule has 0 aromatic heterocycles. The van der Waals surface area contributed by atoms with E-state index in [-0.39, 0.29) is 5.91 Å². The minimum Gasteiger partial charge on any atom is -0.497 e. The molecule has 0 aliphatic carbocycles. The van der Waals surface area contributed by atoms with Gasteiger partial charge in [-0.05, 0) is 37.1 Å². The number of carbonyl (C=O) groups excluding carboxylic acids is 1. The maximum atomic E-state index is 12.1. The van der Waals surface area contributed by atoms with Crippen LogP contribution in [0.15, 0.2) is 29.2 Å². The molecule has 1 fully saturated rings. The first kappa shape index (κ1) is 15.7. The molecule has 2 rings (SSSR count). The van der Waals surface area contributed by atoms with E-state index in [0.717, 1.165) is 17.1 Å². The molecule has 1 aliphatic rings. The van der Waals surface area contributed by atoms with Gasteiger partial charge in [0.05, 0.1) is 7.11 Å². The van der Waals surface area contributed by atoms with E-state index in [0.29, 0.717) is 25.1 Å². The van der Waals surface area contributed by atoms with Gasteiger partial charge < -0.3 is 14.7 Å². The number of benzene rings is 1. The summed E-state index contributed by atoms with van der Waals surface area (Å²) in [5.74, 6) is 0.481. The molecule has 1 aliphatic heterocycles. The van der Waals surface area contributed by atoms with Gasteiger partial charge in [-0.1, -0.05) is 0 Å². The number of rotatable bonds is 6. The van der Waals surface area contributed by atoms with Crippen LogP contribution in [0.2, 0.25) is 0 Å². The number of carboxylic acids is 1. The Morgan fingerprint density at radius 1 is 1.38 bits per heavy atom. The summed E-state index contributed by atoms with van der Waals surface area (Å²) in [7, 11) is 1.62. The lowest BCUT2D eigenvalue weighted by molar-refractivity contribution is -0.148. The van der Waals surface area contributed by atoms with Gasteiger partial charge in [-0.25, -0.2) is 4.79 Å². The number of carboxylic acid groups (broad SMARTS) is 1. The van der Waals surface area contributed by atoms with Gasteiger partial charge in [0, 0.05) is 23.6 Å². The Kier molecular flexibility index (Phi) is 5.50. The Balaban J connectivity index is 1.79. The van der Waals surface area contributed by atoms with Crippen molar-refractivity contribution in [2.75, 3.05) is 19.4 Å². The lowest BCUT2D eigenvalue weighted by Gasteiger charge is -2.21. The largest absolute Gasteiger partial charge is 0.497 e. The average Bonchev–Trinajstić information content (AvgIpc) is 2.97. The molecule has 0 spiro atoms. The molecule has 0 bridgehead atoms. The lowest BCUT2D eigenvalue weighted by Crippen LogP contribution is -2.40. The first-order valence-electron chi connectivity index (χ1n) is 6.91.